The largest absolute Gasteiger partial charge is 0.352 e. The van der Waals surface area contributed by atoms with Gasteiger partial charge in [0.25, 0.3) is 0 Å². The molecule has 2 aliphatic carbocycles. The Bertz CT molecular complexity index is 754. The molecule has 4 heteroatoms. The lowest BCUT2D eigenvalue weighted by Crippen LogP contribution is -2.60. The van der Waals surface area contributed by atoms with Gasteiger partial charge in [-0.25, -0.2) is 0 Å². The topological polar surface area (TPSA) is 46.9 Å². The van der Waals surface area contributed by atoms with E-state index in [-0.39, 0.29) is 17.9 Å². The van der Waals surface area contributed by atoms with Gasteiger partial charge in [0.05, 0.1) is 18.2 Å². The monoisotopic (exact) mass is 351 g/mol. The molecular formula is C22H29N3O. The maximum absolute atomic E-state index is 12.9. The molecule has 4 nitrogen and oxygen atoms in total. The van der Waals surface area contributed by atoms with Crippen molar-refractivity contribution in [3.63, 3.8) is 0 Å². The first-order chi connectivity index (χ1) is 12.6. The molecule has 1 amide bonds. The summed E-state index contributed by atoms with van der Waals surface area (Å²) in [6.45, 7) is 4.61. The summed E-state index contributed by atoms with van der Waals surface area (Å²) >= 11 is 0. The number of carbonyl (C=O) groups is 1. The van der Waals surface area contributed by atoms with E-state index in [9.17, 15) is 4.79 Å². The van der Waals surface area contributed by atoms with Gasteiger partial charge in [0, 0.05) is 18.2 Å². The summed E-state index contributed by atoms with van der Waals surface area (Å²) < 4.78 is 1.87. The van der Waals surface area contributed by atoms with Gasteiger partial charge < -0.3 is 5.32 Å². The van der Waals surface area contributed by atoms with Gasteiger partial charge in [-0.15, -0.1) is 0 Å². The summed E-state index contributed by atoms with van der Waals surface area (Å²) in [5.41, 5.74) is 2.38. The molecule has 26 heavy (non-hydrogen) atoms. The van der Waals surface area contributed by atoms with Crippen LogP contribution < -0.4 is 5.32 Å². The first-order valence-corrected chi connectivity index (χ1v) is 9.99. The van der Waals surface area contributed by atoms with Crippen LogP contribution in [0.1, 0.15) is 49.8 Å². The number of hydrogen-bond acceptors (Lipinski definition) is 2. The molecular weight excluding hydrogens is 322 g/mol. The highest BCUT2D eigenvalue weighted by atomic mass is 16.2. The second kappa shape index (κ2) is 7.26. The molecule has 0 spiro atoms. The van der Waals surface area contributed by atoms with Gasteiger partial charge in [0.1, 0.15) is 0 Å². The Morgan fingerprint density at radius 1 is 1.19 bits per heavy atom. The fourth-order valence-corrected chi connectivity index (χ4v) is 5.03. The molecule has 1 aromatic carbocycles. The third-order valence-electron chi connectivity index (χ3n) is 6.36. The van der Waals surface area contributed by atoms with Crippen LogP contribution in [0.4, 0.5) is 0 Å². The SMILES string of the molecule is Cc1ccn(C[C@H](C)C(=O)N[C@H]2[C@@H]3CCCC[C@H]3[C@@H]2c2ccccc2)n1. The van der Waals surface area contributed by atoms with E-state index < -0.39 is 0 Å². The van der Waals surface area contributed by atoms with Crippen molar-refractivity contribution in [2.75, 3.05) is 0 Å². The summed E-state index contributed by atoms with van der Waals surface area (Å²) in [4.78, 5) is 12.9. The molecule has 2 fully saturated rings. The van der Waals surface area contributed by atoms with Crippen LogP contribution in [0.3, 0.4) is 0 Å². The van der Waals surface area contributed by atoms with Gasteiger partial charge in [-0.3, -0.25) is 9.48 Å². The standard InChI is InChI=1S/C22H29N3O/c1-15(14-25-13-12-16(2)24-25)22(26)23-21-19-11-7-6-10-18(19)20(21)17-8-4-3-5-9-17/h3-5,8-9,12-13,15,18-21H,6-7,10-11,14H2,1-2H3,(H,23,26)/t15-,18+,19+,20-,21-/m0/s1. The van der Waals surface area contributed by atoms with E-state index in [1.807, 2.05) is 30.8 Å². The lowest BCUT2D eigenvalue weighted by Gasteiger charge is -2.55. The first kappa shape index (κ1) is 17.3. The van der Waals surface area contributed by atoms with Gasteiger partial charge in [-0.1, -0.05) is 50.1 Å². The molecule has 4 rings (SSSR count). The third kappa shape index (κ3) is 3.29. The van der Waals surface area contributed by atoms with Crippen LogP contribution >= 0.6 is 0 Å². The van der Waals surface area contributed by atoms with Gasteiger partial charge in [0.15, 0.2) is 0 Å². The Morgan fingerprint density at radius 2 is 1.92 bits per heavy atom. The molecule has 0 unspecified atom stereocenters. The van der Waals surface area contributed by atoms with Crippen molar-refractivity contribution in [3.05, 3.63) is 53.9 Å². The highest BCUT2D eigenvalue weighted by Gasteiger charge is 2.51. The summed E-state index contributed by atoms with van der Waals surface area (Å²) in [5.74, 6) is 1.95. The lowest BCUT2D eigenvalue weighted by molar-refractivity contribution is -0.128. The van der Waals surface area contributed by atoms with Crippen molar-refractivity contribution in [2.45, 2.75) is 58.0 Å². The van der Waals surface area contributed by atoms with Crippen LogP contribution in [0, 0.1) is 24.7 Å². The minimum atomic E-state index is -0.0756. The maximum Gasteiger partial charge on any atom is 0.224 e. The molecule has 138 valence electrons. The predicted octanol–water partition coefficient (Wildman–Crippen LogP) is 3.92. The Balaban J connectivity index is 1.45. The highest BCUT2D eigenvalue weighted by Crippen LogP contribution is 2.54. The smallest absolute Gasteiger partial charge is 0.224 e. The van der Waals surface area contributed by atoms with Gasteiger partial charge in [-0.05, 0) is 43.2 Å². The Labute approximate surface area is 156 Å². The molecule has 0 saturated heterocycles. The number of hydrogen-bond donors (Lipinski definition) is 1. The Morgan fingerprint density at radius 3 is 2.62 bits per heavy atom. The summed E-state index contributed by atoms with van der Waals surface area (Å²) in [6.07, 6.45) is 7.15. The number of carbonyl (C=O) groups excluding carboxylic acids is 1. The summed E-state index contributed by atoms with van der Waals surface area (Å²) in [7, 11) is 0. The number of rotatable bonds is 5. The van der Waals surface area contributed by atoms with Gasteiger partial charge >= 0.3 is 0 Å². The Kier molecular flexibility index (Phi) is 4.84. The average Bonchev–Trinajstić information content (AvgIpc) is 3.05. The van der Waals surface area contributed by atoms with Crippen molar-refractivity contribution < 1.29 is 4.79 Å². The zero-order valence-corrected chi connectivity index (χ0v) is 15.8. The molecule has 2 aliphatic rings. The van der Waals surface area contributed by atoms with Crippen LogP contribution in [0.25, 0.3) is 0 Å². The molecule has 5 atom stereocenters. The molecule has 0 bridgehead atoms. The van der Waals surface area contributed by atoms with E-state index in [0.29, 0.717) is 18.4 Å². The molecule has 1 heterocycles. The van der Waals surface area contributed by atoms with Crippen molar-refractivity contribution in [2.24, 2.45) is 17.8 Å². The fraction of sp³-hybridized carbons (Fsp3) is 0.545. The number of aryl methyl sites for hydroxylation is 1. The second-order valence-corrected chi connectivity index (χ2v) is 8.16. The zero-order chi connectivity index (χ0) is 18.1. The first-order valence-electron chi connectivity index (χ1n) is 9.99. The van der Waals surface area contributed by atoms with E-state index in [1.54, 1.807) is 0 Å². The highest BCUT2D eigenvalue weighted by molar-refractivity contribution is 5.78. The molecule has 1 aromatic heterocycles. The van der Waals surface area contributed by atoms with Crippen LogP contribution in [0.5, 0.6) is 0 Å². The average molecular weight is 351 g/mol. The number of fused-ring (bicyclic) bond motifs is 1. The van der Waals surface area contributed by atoms with E-state index >= 15 is 0 Å². The normalized spacial score (nSPS) is 28.7. The molecule has 0 aliphatic heterocycles. The van der Waals surface area contributed by atoms with E-state index in [1.165, 1.54) is 31.2 Å². The Hall–Kier alpha value is -2.10. The van der Waals surface area contributed by atoms with Crippen molar-refractivity contribution in [3.8, 4) is 0 Å². The maximum atomic E-state index is 12.9. The van der Waals surface area contributed by atoms with Crippen LogP contribution in [-0.2, 0) is 11.3 Å². The van der Waals surface area contributed by atoms with Crippen LogP contribution in [0.15, 0.2) is 42.6 Å². The molecule has 2 saturated carbocycles. The minimum Gasteiger partial charge on any atom is -0.352 e. The quantitative estimate of drug-likeness (QED) is 0.887. The molecule has 2 aromatic rings. The molecule has 0 radical (unpaired) electrons. The van der Waals surface area contributed by atoms with Crippen molar-refractivity contribution in [1.82, 2.24) is 15.1 Å². The number of benzene rings is 1. The molecule has 1 N–H and O–H groups in total. The minimum absolute atomic E-state index is 0.0756. The van der Waals surface area contributed by atoms with Crippen LogP contribution in [0.2, 0.25) is 0 Å². The van der Waals surface area contributed by atoms with Crippen molar-refractivity contribution >= 4 is 5.91 Å². The lowest BCUT2D eigenvalue weighted by atomic mass is 9.53. The summed E-state index contributed by atoms with van der Waals surface area (Å²) in [6, 6.07) is 13.0. The number of nitrogens with zero attached hydrogens (tertiary/aromatic N) is 2. The fourth-order valence-electron chi connectivity index (χ4n) is 5.03. The van der Waals surface area contributed by atoms with Crippen molar-refractivity contribution in [1.29, 1.82) is 0 Å². The summed E-state index contributed by atoms with van der Waals surface area (Å²) in [5, 5.41) is 7.82. The van der Waals surface area contributed by atoms with Gasteiger partial charge in [0.2, 0.25) is 5.91 Å². The van der Waals surface area contributed by atoms with E-state index in [0.717, 1.165) is 11.6 Å². The third-order valence-corrected chi connectivity index (χ3v) is 6.36. The number of aromatic nitrogens is 2. The zero-order valence-electron chi connectivity index (χ0n) is 15.8. The van der Waals surface area contributed by atoms with E-state index in [4.69, 9.17) is 0 Å². The number of nitrogens with one attached hydrogen (secondary N) is 1. The number of amides is 1. The van der Waals surface area contributed by atoms with E-state index in [2.05, 4.69) is 40.7 Å². The van der Waals surface area contributed by atoms with Gasteiger partial charge in [-0.2, -0.15) is 5.10 Å². The predicted molar refractivity (Wildman–Crippen MR) is 103 cm³/mol. The van der Waals surface area contributed by atoms with Crippen LogP contribution in [-0.4, -0.2) is 21.7 Å². The second-order valence-electron chi connectivity index (χ2n) is 8.16.